The first-order valence-corrected chi connectivity index (χ1v) is 9.55. The van der Waals surface area contributed by atoms with Gasteiger partial charge in [-0.25, -0.2) is 22.0 Å². The second kappa shape index (κ2) is 6.12. The Kier molecular flexibility index (Phi) is 5.13. The summed E-state index contributed by atoms with van der Waals surface area (Å²) in [6, 6.07) is 5.21. The maximum absolute atomic E-state index is 11.8. The Balaban J connectivity index is 2.86. The molecule has 1 amide bonds. The number of carbonyl (C=O) groups is 1. The van der Waals surface area contributed by atoms with Crippen molar-refractivity contribution in [1.29, 1.82) is 0 Å². The molecule has 0 aliphatic carbocycles. The molecule has 2 unspecified atom stereocenters. The van der Waals surface area contributed by atoms with E-state index in [9.17, 15) is 21.6 Å². The summed E-state index contributed by atoms with van der Waals surface area (Å²) in [5.74, 6) is -0.611. The van der Waals surface area contributed by atoms with Crippen LogP contribution < -0.4 is 10.5 Å². The monoisotopic (exact) mass is 334 g/mol. The molecule has 1 aromatic carbocycles. The number of carbonyl (C=O) groups excluding carboxylic acids is 1. The van der Waals surface area contributed by atoms with Crippen LogP contribution in [0.4, 0.5) is 0 Å². The van der Waals surface area contributed by atoms with E-state index in [4.69, 9.17) is 5.14 Å². The van der Waals surface area contributed by atoms with E-state index in [-0.39, 0.29) is 4.90 Å². The molecule has 0 saturated heterocycles. The molecule has 0 aliphatic heterocycles. The third kappa shape index (κ3) is 4.80. The van der Waals surface area contributed by atoms with Crippen molar-refractivity contribution < 1.29 is 21.6 Å². The van der Waals surface area contributed by atoms with Crippen LogP contribution in [0.2, 0.25) is 0 Å². The fourth-order valence-corrected chi connectivity index (χ4v) is 2.53. The Bertz CT molecular complexity index is 723. The second-order valence-electron chi connectivity index (χ2n) is 4.82. The third-order valence-corrected chi connectivity index (χ3v) is 5.51. The Labute approximate surface area is 124 Å². The number of nitrogens with one attached hydrogen (secondary N) is 1. The Hall–Kier alpha value is -1.45. The van der Waals surface area contributed by atoms with E-state index in [1.54, 1.807) is 6.92 Å². The van der Waals surface area contributed by atoms with Crippen LogP contribution in [0, 0.1) is 0 Å². The van der Waals surface area contributed by atoms with Crippen LogP contribution in [0.1, 0.15) is 25.5 Å². The van der Waals surface area contributed by atoms with Gasteiger partial charge in [0.1, 0.15) is 5.25 Å². The van der Waals surface area contributed by atoms with Gasteiger partial charge >= 0.3 is 0 Å². The third-order valence-electron chi connectivity index (χ3n) is 3.08. The molecule has 21 heavy (non-hydrogen) atoms. The van der Waals surface area contributed by atoms with Gasteiger partial charge in [-0.1, -0.05) is 12.1 Å². The molecule has 3 N–H and O–H groups in total. The number of sulfonamides is 1. The minimum atomic E-state index is -3.77. The highest BCUT2D eigenvalue weighted by Gasteiger charge is 2.24. The number of nitrogens with two attached hydrogens (primary N) is 1. The van der Waals surface area contributed by atoms with Crippen LogP contribution in [0.5, 0.6) is 0 Å². The van der Waals surface area contributed by atoms with Crippen molar-refractivity contribution in [1.82, 2.24) is 5.32 Å². The average Bonchev–Trinajstić information content (AvgIpc) is 2.35. The lowest BCUT2D eigenvalue weighted by atomic mass is 10.1. The van der Waals surface area contributed by atoms with Gasteiger partial charge < -0.3 is 5.32 Å². The quantitative estimate of drug-likeness (QED) is 0.781. The van der Waals surface area contributed by atoms with Gasteiger partial charge in [0.25, 0.3) is 0 Å². The summed E-state index contributed by atoms with van der Waals surface area (Å²) in [6.45, 7) is 2.97. The fourth-order valence-electron chi connectivity index (χ4n) is 1.55. The van der Waals surface area contributed by atoms with Crippen LogP contribution >= 0.6 is 0 Å². The molecule has 0 heterocycles. The van der Waals surface area contributed by atoms with Crippen molar-refractivity contribution >= 4 is 25.8 Å². The molecular formula is C12H18N2O5S2. The highest BCUT2D eigenvalue weighted by Crippen LogP contribution is 2.16. The lowest BCUT2D eigenvalue weighted by Gasteiger charge is -2.17. The van der Waals surface area contributed by atoms with Gasteiger partial charge in [-0.2, -0.15) is 0 Å². The zero-order chi connectivity index (χ0) is 16.4. The minimum absolute atomic E-state index is 0.0331. The van der Waals surface area contributed by atoms with Crippen LogP contribution in [0.25, 0.3) is 0 Å². The van der Waals surface area contributed by atoms with Crippen LogP contribution in [-0.4, -0.2) is 34.2 Å². The topological polar surface area (TPSA) is 123 Å². The van der Waals surface area contributed by atoms with E-state index in [1.807, 2.05) is 0 Å². The number of benzene rings is 1. The first-order valence-electron chi connectivity index (χ1n) is 6.05. The number of rotatable bonds is 5. The van der Waals surface area contributed by atoms with Crippen LogP contribution in [0.3, 0.4) is 0 Å². The first kappa shape index (κ1) is 17.6. The van der Waals surface area contributed by atoms with Crippen LogP contribution in [-0.2, 0) is 24.7 Å². The molecule has 0 aromatic heterocycles. The lowest BCUT2D eigenvalue weighted by molar-refractivity contribution is -0.121. The summed E-state index contributed by atoms with van der Waals surface area (Å²) in [6.07, 6.45) is 0.989. The van der Waals surface area contributed by atoms with Crippen molar-refractivity contribution in [3.05, 3.63) is 29.8 Å². The summed E-state index contributed by atoms with van der Waals surface area (Å²) in [7, 11) is -7.23. The zero-order valence-corrected chi connectivity index (χ0v) is 13.5. The van der Waals surface area contributed by atoms with E-state index in [2.05, 4.69) is 5.32 Å². The zero-order valence-electron chi connectivity index (χ0n) is 11.9. The van der Waals surface area contributed by atoms with E-state index in [0.29, 0.717) is 5.56 Å². The number of primary sulfonamides is 1. The lowest BCUT2D eigenvalue weighted by Crippen LogP contribution is -2.38. The van der Waals surface area contributed by atoms with Crippen molar-refractivity contribution in [2.24, 2.45) is 5.14 Å². The molecule has 118 valence electrons. The maximum atomic E-state index is 11.8. The molecule has 1 aromatic rings. The molecule has 0 aliphatic rings. The normalized spacial score (nSPS) is 15.2. The Morgan fingerprint density at radius 1 is 1.10 bits per heavy atom. The fraction of sp³-hybridized carbons (Fsp3) is 0.417. The van der Waals surface area contributed by atoms with Gasteiger partial charge in [0.2, 0.25) is 15.9 Å². The average molecular weight is 334 g/mol. The van der Waals surface area contributed by atoms with E-state index in [1.165, 1.54) is 31.2 Å². The largest absolute Gasteiger partial charge is 0.348 e. The van der Waals surface area contributed by atoms with E-state index < -0.39 is 37.1 Å². The molecule has 0 bridgehead atoms. The summed E-state index contributed by atoms with van der Waals surface area (Å²) < 4.78 is 44.9. The Morgan fingerprint density at radius 2 is 1.57 bits per heavy atom. The first-order chi connectivity index (χ1) is 9.43. The molecule has 2 atom stereocenters. The van der Waals surface area contributed by atoms with Crippen molar-refractivity contribution in [2.75, 3.05) is 6.26 Å². The van der Waals surface area contributed by atoms with Gasteiger partial charge in [0.15, 0.2) is 9.84 Å². The van der Waals surface area contributed by atoms with Gasteiger partial charge in [0.05, 0.1) is 10.9 Å². The highest BCUT2D eigenvalue weighted by atomic mass is 32.2. The standard InChI is InChI=1S/C12H18N2O5S2/c1-8(14-12(15)9(2)20(3,16)17)10-4-6-11(7-5-10)21(13,18)19/h4-9H,1-3H3,(H,14,15)(H2,13,18,19). The van der Waals surface area contributed by atoms with Gasteiger partial charge in [-0.05, 0) is 31.5 Å². The molecule has 0 spiro atoms. The van der Waals surface area contributed by atoms with Gasteiger partial charge in [-0.15, -0.1) is 0 Å². The van der Waals surface area contributed by atoms with Crippen LogP contribution in [0.15, 0.2) is 29.2 Å². The smallest absolute Gasteiger partial charge is 0.238 e. The van der Waals surface area contributed by atoms with E-state index >= 15 is 0 Å². The number of hydrogen-bond donors (Lipinski definition) is 2. The van der Waals surface area contributed by atoms with Gasteiger partial charge in [0, 0.05) is 6.26 Å². The number of sulfone groups is 1. The molecule has 7 nitrogen and oxygen atoms in total. The van der Waals surface area contributed by atoms with Crippen molar-refractivity contribution in [3.8, 4) is 0 Å². The maximum Gasteiger partial charge on any atom is 0.238 e. The number of amides is 1. The molecule has 0 saturated carbocycles. The van der Waals surface area contributed by atoms with E-state index in [0.717, 1.165) is 6.26 Å². The predicted molar refractivity (Wildman–Crippen MR) is 78.7 cm³/mol. The SMILES string of the molecule is CC(NC(=O)C(C)S(C)(=O)=O)c1ccc(S(N)(=O)=O)cc1. The molecular weight excluding hydrogens is 316 g/mol. The summed E-state index contributed by atoms with van der Waals surface area (Å²) in [5, 5.41) is 6.40. The highest BCUT2D eigenvalue weighted by molar-refractivity contribution is 7.92. The predicted octanol–water partition coefficient (Wildman–Crippen LogP) is -0.0557. The van der Waals surface area contributed by atoms with Gasteiger partial charge in [-0.3, -0.25) is 4.79 Å². The minimum Gasteiger partial charge on any atom is -0.348 e. The molecule has 0 radical (unpaired) electrons. The second-order valence-corrected chi connectivity index (χ2v) is 8.74. The molecule has 0 fully saturated rings. The van der Waals surface area contributed by atoms with Crippen molar-refractivity contribution in [3.63, 3.8) is 0 Å². The Morgan fingerprint density at radius 3 is 1.95 bits per heavy atom. The van der Waals surface area contributed by atoms with Crippen molar-refractivity contribution in [2.45, 2.75) is 30.0 Å². The number of hydrogen-bond acceptors (Lipinski definition) is 5. The molecule has 1 rings (SSSR count). The summed E-state index contributed by atoms with van der Waals surface area (Å²) in [4.78, 5) is 11.8. The summed E-state index contributed by atoms with van der Waals surface area (Å²) in [5.41, 5.74) is 0.636. The molecule has 9 heteroatoms. The summed E-state index contributed by atoms with van der Waals surface area (Å²) >= 11 is 0.